The normalized spacial score (nSPS) is 20.9. The van der Waals surface area contributed by atoms with Crippen LogP contribution in [-0.4, -0.2) is 73.2 Å². The standard InChI is InChI=1S/C36H55NO6/c1-4-6-7-15-22-31(38)28-43-36-33(42-27-30-20-13-9-14-21-30)25-32(41-26-29-18-11-8-12-19-29)35(36)37(3)24-17-10-16-23-34(39)40-5-2/h8-9,11-14,18-21,31-33,35-36,38H,4-7,10,15-17,22-28H2,1-3H3/t31?,32-,33+,35+,36+/m1/s1. The van der Waals surface area contributed by atoms with E-state index in [1.807, 2.05) is 43.3 Å². The Labute approximate surface area is 259 Å². The van der Waals surface area contributed by atoms with E-state index in [9.17, 15) is 9.90 Å². The number of rotatable bonds is 22. The third-order valence-corrected chi connectivity index (χ3v) is 8.24. The van der Waals surface area contributed by atoms with Crippen LogP contribution in [0.5, 0.6) is 0 Å². The van der Waals surface area contributed by atoms with E-state index in [0.29, 0.717) is 26.2 Å². The second-order valence-electron chi connectivity index (χ2n) is 11.8. The highest BCUT2D eigenvalue weighted by atomic mass is 16.6. The van der Waals surface area contributed by atoms with Gasteiger partial charge in [0.25, 0.3) is 0 Å². The van der Waals surface area contributed by atoms with Crippen molar-refractivity contribution in [3.8, 4) is 0 Å². The number of carbonyl (C=O) groups excluding carboxylic acids is 1. The van der Waals surface area contributed by atoms with Crippen molar-refractivity contribution in [3.63, 3.8) is 0 Å². The third kappa shape index (κ3) is 13.1. The number of nitrogens with zero attached hydrogens (tertiary/aromatic N) is 1. The number of unbranched alkanes of at least 4 members (excludes halogenated alkanes) is 5. The van der Waals surface area contributed by atoms with E-state index in [-0.39, 0.29) is 36.9 Å². The fourth-order valence-electron chi connectivity index (χ4n) is 5.86. The lowest BCUT2D eigenvalue weighted by Crippen LogP contribution is -2.49. The van der Waals surface area contributed by atoms with Crippen LogP contribution in [0.4, 0.5) is 0 Å². The van der Waals surface area contributed by atoms with Gasteiger partial charge in [0.05, 0.1) is 50.8 Å². The van der Waals surface area contributed by atoms with Gasteiger partial charge in [-0.15, -0.1) is 0 Å². The molecule has 1 aliphatic rings. The Bertz CT molecular complexity index is 990. The van der Waals surface area contributed by atoms with Gasteiger partial charge in [-0.3, -0.25) is 9.69 Å². The van der Waals surface area contributed by atoms with Gasteiger partial charge in [-0.25, -0.2) is 0 Å². The summed E-state index contributed by atoms with van der Waals surface area (Å²) in [6, 6.07) is 20.5. The first-order valence-corrected chi connectivity index (χ1v) is 16.5. The van der Waals surface area contributed by atoms with Gasteiger partial charge in [0, 0.05) is 12.8 Å². The van der Waals surface area contributed by atoms with Crippen LogP contribution in [0.2, 0.25) is 0 Å². The summed E-state index contributed by atoms with van der Waals surface area (Å²) >= 11 is 0. The minimum atomic E-state index is -0.496. The Morgan fingerprint density at radius 1 is 0.837 bits per heavy atom. The summed E-state index contributed by atoms with van der Waals surface area (Å²) in [6.07, 6.45) is 8.18. The molecule has 0 radical (unpaired) electrons. The van der Waals surface area contributed by atoms with Crippen molar-refractivity contribution in [2.45, 2.75) is 122 Å². The quantitative estimate of drug-likeness (QED) is 0.120. The molecule has 240 valence electrons. The minimum absolute atomic E-state index is 0.0261. The van der Waals surface area contributed by atoms with Crippen molar-refractivity contribution < 1.29 is 28.8 Å². The molecule has 0 heterocycles. The predicted octanol–water partition coefficient (Wildman–Crippen LogP) is 6.70. The zero-order chi connectivity index (χ0) is 30.7. The molecule has 1 fully saturated rings. The largest absolute Gasteiger partial charge is 0.466 e. The fraction of sp³-hybridized carbons (Fsp3) is 0.639. The summed E-state index contributed by atoms with van der Waals surface area (Å²) in [5.41, 5.74) is 2.26. The van der Waals surface area contributed by atoms with Gasteiger partial charge >= 0.3 is 5.97 Å². The maximum Gasteiger partial charge on any atom is 0.305 e. The summed E-state index contributed by atoms with van der Waals surface area (Å²) in [6.45, 7) is 6.62. The minimum Gasteiger partial charge on any atom is -0.466 e. The van der Waals surface area contributed by atoms with E-state index in [2.05, 4.69) is 43.1 Å². The number of ether oxygens (including phenoxy) is 4. The number of benzene rings is 2. The van der Waals surface area contributed by atoms with E-state index in [4.69, 9.17) is 18.9 Å². The Balaban J connectivity index is 1.69. The molecule has 2 aromatic carbocycles. The highest BCUT2D eigenvalue weighted by molar-refractivity contribution is 5.69. The molecular formula is C36H55NO6. The van der Waals surface area contributed by atoms with E-state index in [0.717, 1.165) is 62.6 Å². The molecule has 0 saturated heterocycles. The molecule has 0 amide bonds. The second-order valence-corrected chi connectivity index (χ2v) is 11.8. The van der Waals surface area contributed by atoms with Crippen molar-refractivity contribution in [2.24, 2.45) is 0 Å². The molecule has 0 bridgehead atoms. The van der Waals surface area contributed by atoms with Crippen LogP contribution in [0.15, 0.2) is 60.7 Å². The lowest BCUT2D eigenvalue weighted by Gasteiger charge is -2.35. The Morgan fingerprint density at radius 2 is 1.47 bits per heavy atom. The lowest BCUT2D eigenvalue weighted by molar-refractivity contribution is -0.143. The van der Waals surface area contributed by atoms with Crippen LogP contribution in [0, 0.1) is 0 Å². The smallest absolute Gasteiger partial charge is 0.305 e. The number of carbonyl (C=O) groups is 1. The van der Waals surface area contributed by atoms with Crippen molar-refractivity contribution in [2.75, 3.05) is 26.8 Å². The van der Waals surface area contributed by atoms with E-state index in [1.54, 1.807) is 0 Å². The average Bonchev–Trinajstić information content (AvgIpc) is 3.38. The SMILES string of the molecule is CCCCCCC(O)CO[C@@H]1[C@@H](N(C)CCCCCC(=O)OCC)[C@H](OCc2ccccc2)C[C@@H]1OCc1ccccc1. The number of likely N-dealkylation sites (N-methyl/N-ethyl adjacent to an activating group) is 1. The van der Waals surface area contributed by atoms with Crippen molar-refractivity contribution in [1.82, 2.24) is 4.90 Å². The van der Waals surface area contributed by atoms with Gasteiger partial charge in [0.2, 0.25) is 0 Å². The molecule has 1 saturated carbocycles. The van der Waals surface area contributed by atoms with Crippen molar-refractivity contribution in [3.05, 3.63) is 71.8 Å². The number of hydrogen-bond acceptors (Lipinski definition) is 7. The molecule has 1 N–H and O–H groups in total. The van der Waals surface area contributed by atoms with Gasteiger partial charge in [-0.1, -0.05) is 99.7 Å². The van der Waals surface area contributed by atoms with E-state index < -0.39 is 6.10 Å². The Hall–Kier alpha value is -2.29. The first kappa shape index (κ1) is 35.2. The molecule has 7 nitrogen and oxygen atoms in total. The topological polar surface area (TPSA) is 77.5 Å². The van der Waals surface area contributed by atoms with Crippen molar-refractivity contribution in [1.29, 1.82) is 0 Å². The van der Waals surface area contributed by atoms with Crippen LogP contribution in [0.25, 0.3) is 0 Å². The van der Waals surface area contributed by atoms with E-state index in [1.165, 1.54) is 12.8 Å². The van der Waals surface area contributed by atoms with Crippen LogP contribution >= 0.6 is 0 Å². The zero-order valence-corrected chi connectivity index (χ0v) is 26.7. The monoisotopic (exact) mass is 597 g/mol. The van der Waals surface area contributed by atoms with Gasteiger partial charge in [-0.05, 0) is 50.9 Å². The summed E-state index contributed by atoms with van der Waals surface area (Å²) < 4.78 is 24.8. The molecule has 0 aliphatic heterocycles. The van der Waals surface area contributed by atoms with Crippen molar-refractivity contribution >= 4 is 5.97 Å². The van der Waals surface area contributed by atoms with Gasteiger partial charge in [0.1, 0.15) is 6.10 Å². The van der Waals surface area contributed by atoms with Crippen LogP contribution in [-0.2, 0) is 37.0 Å². The molecule has 5 atom stereocenters. The molecule has 2 aromatic rings. The molecular weight excluding hydrogens is 542 g/mol. The maximum absolute atomic E-state index is 11.7. The molecule has 0 aromatic heterocycles. The molecule has 43 heavy (non-hydrogen) atoms. The Morgan fingerprint density at radius 3 is 2.09 bits per heavy atom. The summed E-state index contributed by atoms with van der Waals surface area (Å²) in [7, 11) is 2.13. The maximum atomic E-state index is 11.7. The predicted molar refractivity (Wildman–Crippen MR) is 171 cm³/mol. The lowest BCUT2D eigenvalue weighted by atomic mass is 10.1. The summed E-state index contributed by atoms with van der Waals surface area (Å²) in [5.74, 6) is -0.124. The molecule has 3 rings (SSSR count). The highest BCUT2D eigenvalue weighted by Gasteiger charge is 2.47. The van der Waals surface area contributed by atoms with Crippen LogP contribution in [0.3, 0.4) is 0 Å². The van der Waals surface area contributed by atoms with E-state index >= 15 is 0 Å². The molecule has 0 spiro atoms. The third-order valence-electron chi connectivity index (χ3n) is 8.24. The number of hydrogen-bond donors (Lipinski definition) is 1. The first-order valence-electron chi connectivity index (χ1n) is 16.5. The average molecular weight is 598 g/mol. The van der Waals surface area contributed by atoms with Gasteiger partial charge in [0.15, 0.2) is 0 Å². The first-order chi connectivity index (χ1) is 21.0. The number of aliphatic hydroxyl groups excluding tert-OH is 1. The summed E-state index contributed by atoms with van der Waals surface area (Å²) in [5, 5.41) is 10.8. The molecule has 1 aliphatic carbocycles. The van der Waals surface area contributed by atoms with Crippen LogP contribution in [0.1, 0.15) is 89.2 Å². The van der Waals surface area contributed by atoms with Gasteiger partial charge in [-0.2, -0.15) is 0 Å². The Kier molecular flexibility index (Phi) is 16.9. The zero-order valence-electron chi connectivity index (χ0n) is 26.7. The number of esters is 1. The molecule has 1 unspecified atom stereocenters. The van der Waals surface area contributed by atoms with Crippen LogP contribution < -0.4 is 0 Å². The number of aliphatic hydroxyl groups is 1. The second kappa shape index (κ2) is 20.6. The van der Waals surface area contributed by atoms with Gasteiger partial charge < -0.3 is 24.1 Å². The molecule has 7 heteroatoms. The summed E-state index contributed by atoms with van der Waals surface area (Å²) in [4.78, 5) is 14.1. The fourth-order valence-corrected chi connectivity index (χ4v) is 5.86. The highest BCUT2D eigenvalue weighted by Crippen LogP contribution is 2.33.